The molecule has 10 aromatic rings. The molecule has 4 heteroatoms. The molecule has 0 saturated carbocycles. The number of hydrogen-bond donors (Lipinski definition) is 0. The van der Waals surface area contributed by atoms with Crippen molar-refractivity contribution in [3.63, 3.8) is 0 Å². The molecule has 10 rings (SSSR count). The smallest absolute Gasteiger partial charge is 0.133 e. The molecule has 0 unspecified atom stereocenters. The van der Waals surface area contributed by atoms with E-state index in [1.165, 1.54) is 58.6 Å². The summed E-state index contributed by atoms with van der Waals surface area (Å²) in [6.07, 6.45) is 7.74. The Morgan fingerprint density at radius 3 is 1.90 bits per heavy atom. The number of allylic oxidation sites excluding steroid dienone is 2. The van der Waals surface area contributed by atoms with Crippen molar-refractivity contribution in [1.82, 2.24) is 9.13 Å². The van der Waals surface area contributed by atoms with Crippen LogP contribution < -0.4 is 0 Å². The molecule has 51 heavy (non-hydrogen) atoms. The zero-order valence-corrected chi connectivity index (χ0v) is 28.8. The average Bonchev–Trinajstić information content (AvgIpc) is 3.97. The van der Waals surface area contributed by atoms with Gasteiger partial charge < -0.3 is 13.6 Å². The van der Waals surface area contributed by atoms with Crippen molar-refractivity contribution in [2.75, 3.05) is 0 Å². The van der Waals surface area contributed by atoms with Crippen molar-refractivity contribution in [3.8, 4) is 33.8 Å². The fourth-order valence-corrected chi connectivity index (χ4v) is 8.90. The molecule has 0 aliphatic heterocycles. The van der Waals surface area contributed by atoms with Crippen LogP contribution in [-0.4, -0.2) is 9.13 Å². The summed E-state index contributed by atoms with van der Waals surface area (Å²) in [5, 5.41) is 6.30. The van der Waals surface area contributed by atoms with Crippen LogP contribution >= 0.6 is 11.3 Å². The van der Waals surface area contributed by atoms with Crippen molar-refractivity contribution < 1.29 is 4.42 Å². The molecule has 0 aliphatic carbocycles. The highest BCUT2D eigenvalue weighted by Crippen LogP contribution is 2.41. The zero-order chi connectivity index (χ0) is 34.1. The van der Waals surface area contributed by atoms with E-state index in [1.54, 1.807) is 6.26 Å². The maximum atomic E-state index is 5.98. The van der Waals surface area contributed by atoms with Gasteiger partial charge in [-0.05, 0) is 109 Å². The molecular weight excluding hydrogens is 641 g/mol. The summed E-state index contributed by atoms with van der Waals surface area (Å²) < 4.78 is 13.3. The van der Waals surface area contributed by atoms with Gasteiger partial charge in [-0.15, -0.1) is 11.3 Å². The van der Waals surface area contributed by atoms with Gasteiger partial charge >= 0.3 is 0 Å². The van der Waals surface area contributed by atoms with Crippen molar-refractivity contribution in [2.24, 2.45) is 0 Å². The van der Waals surface area contributed by atoms with Crippen LogP contribution in [0.2, 0.25) is 0 Å². The maximum Gasteiger partial charge on any atom is 0.133 e. The fraction of sp³-hybridized carbons (Fsp3) is 0.0213. The van der Waals surface area contributed by atoms with Crippen LogP contribution in [0.25, 0.3) is 92.8 Å². The monoisotopic (exact) mass is 672 g/mol. The van der Waals surface area contributed by atoms with Gasteiger partial charge in [-0.25, -0.2) is 0 Å². The lowest BCUT2D eigenvalue weighted by Gasteiger charge is -2.14. The quantitative estimate of drug-likeness (QED) is 0.161. The lowest BCUT2D eigenvalue weighted by atomic mass is 9.99. The Hall–Kier alpha value is -6.36. The van der Waals surface area contributed by atoms with E-state index in [9.17, 15) is 0 Å². The molecule has 0 amide bonds. The van der Waals surface area contributed by atoms with Crippen LogP contribution in [0.1, 0.15) is 11.3 Å². The molecule has 0 radical (unpaired) electrons. The number of hydrogen-bond acceptors (Lipinski definition) is 2. The molecular formula is C47H32N2OS. The Kier molecular flexibility index (Phi) is 6.73. The minimum Gasteiger partial charge on any atom is -0.464 e. The Labute approximate surface area is 299 Å². The van der Waals surface area contributed by atoms with Gasteiger partial charge in [0.15, 0.2) is 0 Å². The summed E-state index contributed by atoms with van der Waals surface area (Å²) in [4.78, 5) is 0. The van der Waals surface area contributed by atoms with Gasteiger partial charge in [0.1, 0.15) is 5.76 Å². The largest absolute Gasteiger partial charge is 0.464 e. The van der Waals surface area contributed by atoms with E-state index in [4.69, 9.17) is 4.42 Å². The first kappa shape index (κ1) is 29.5. The van der Waals surface area contributed by atoms with Gasteiger partial charge in [0.05, 0.1) is 22.8 Å². The molecule has 4 heterocycles. The molecule has 0 atom stereocenters. The number of rotatable bonds is 6. The number of thiophene rings is 1. The summed E-state index contributed by atoms with van der Waals surface area (Å²) in [7, 11) is 0. The van der Waals surface area contributed by atoms with E-state index < -0.39 is 0 Å². The highest BCUT2D eigenvalue weighted by Gasteiger charge is 2.18. The van der Waals surface area contributed by atoms with Crippen molar-refractivity contribution in [1.29, 1.82) is 0 Å². The molecule has 0 bridgehead atoms. The van der Waals surface area contributed by atoms with Crippen LogP contribution in [0.5, 0.6) is 0 Å². The molecule has 0 saturated heterocycles. The Morgan fingerprint density at radius 1 is 0.549 bits per heavy atom. The van der Waals surface area contributed by atoms with Crippen LogP contribution in [0.3, 0.4) is 0 Å². The summed E-state index contributed by atoms with van der Waals surface area (Å²) in [5.74, 6) is 0.840. The molecule has 242 valence electrons. The number of nitrogens with zero attached hydrogens (tertiary/aromatic N) is 2. The Morgan fingerprint density at radius 2 is 1.20 bits per heavy atom. The summed E-state index contributed by atoms with van der Waals surface area (Å²) in [6, 6.07) is 50.6. The second kappa shape index (κ2) is 11.6. The van der Waals surface area contributed by atoms with E-state index in [-0.39, 0.29) is 0 Å². The van der Waals surface area contributed by atoms with Gasteiger partial charge in [0.2, 0.25) is 0 Å². The lowest BCUT2D eigenvalue weighted by Crippen LogP contribution is -1.98. The highest BCUT2D eigenvalue weighted by atomic mass is 32.1. The summed E-state index contributed by atoms with van der Waals surface area (Å²) in [5.41, 5.74) is 11.5. The third kappa shape index (κ3) is 4.64. The van der Waals surface area contributed by atoms with Gasteiger partial charge in [-0.3, -0.25) is 0 Å². The second-order valence-electron chi connectivity index (χ2n) is 13.1. The molecule has 6 aromatic carbocycles. The number of fused-ring (bicyclic) bond motifs is 7. The number of furan rings is 1. The normalized spacial score (nSPS) is 12.0. The number of aryl methyl sites for hydroxylation is 1. The van der Waals surface area contributed by atoms with Crippen LogP contribution in [-0.2, 0) is 0 Å². The number of benzene rings is 6. The van der Waals surface area contributed by atoms with E-state index in [1.807, 2.05) is 35.6 Å². The van der Waals surface area contributed by atoms with Crippen LogP contribution in [0.4, 0.5) is 0 Å². The van der Waals surface area contributed by atoms with Gasteiger partial charge in [0, 0.05) is 59.0 Å². The minimum atomic E-state index is 0.840. The van der Waals surface area contributed by atoms with E-state index >= 15 is 0 Å². The van der Waals surface area contributed by atoms with Gasteiger partial charge in [-0.2, -0.15) is 0 Å². The molecule has 0 spiro atoms. The van der Waals surface area contributed by atoms with E-state index in [2.05, 4.69) is 156 Å². The van der Waals surface area contributed by atoms with Gasteiger partial charge in [-0.1, -0.05) is 79.4 Å². The Bertz CT molecular complexity index is 2950. The minimum absolute atomic E-state index is 0.840. The zero-order valence-electron chi connectivity index (χ0n) is 28.0. The molecule has 4 aromatic heterocycles. The van der Waals surface area contributed by atoms with Crippen molar-refractivity contribution >= 4 is 70.3 Å². The standard InChI is InChI=1S/C47H32N2OS/c1-3-4-15-41-30(2)36-12-5-8-16-42(36)49(41)35-26-32(25-33(27-35)45-19-11-24-50-45)31-20-22-46-39(28-31)40-29-34(21-23-47(40)51-46)48-43-17-9-6-13-37(43)38-14-7-10-18-44(38)48/h3-29H,1H2,2H3/b15-4-. The first-order valence-electron chi connectivity index (χ1n) is 17.2. The molecule has 0 fully saturated rings. The fourth-order valence-electron chi connectivity index (χ4n) is 7.83. The molecule has 3 nitrogen and oxygen atoms in total. The predicted molar refractivity (Wildman–Crippen MR) is 218 cm³/mol. The molecule has 0 N–H and O–H groups in total. The van der Waals surface area contributed by atoms with Crippen molar-refractivity contribution in [3.05, 3.63) is 176 Å². The second-order valence-corrected chi connectivity index (χ2v) is 14.2. The SMILES string of the molecule is C=C/C=C\c1c(C)c2ccccc2n1-c1cc(-c2ccc3sc4ccc(-n5c6ccccc6c6ccccc65)cc4c3c2)cc(-c2ccco2)c1. The number of aromatic nitrogens is 2. The summed E-state index contributed by atoms with van der Waals surface area (Å²) in [6.45, 7) is 6.14. The highest BCUT2D eigenvalue weighted by molar-refractivity contribution is 7.25. The molecule has 0 aliphatic rings. The number of para-hydroxylation sites is 3. The van der Waals surface area contributed by atoms with Crippen molar-refractivity contribution in [2.45, 2.75) is 6.92 Å². The lowest BCUT2D eigenvalue weighted by molar-refractivity contribution is 0.582. The average molecular weight is 673 g/mol. The third-order valence-corrected chi connectivity index (χ3v) is 11.3. The first-order valence-corrected chi connectivity index (χ1v) is 18.0. The summed E-state index contributed by atoms with van der Waals surface area (Å²) >= 11 is 1.85. The van der Waals surface area contributed by atoms with Crippen LogP contribution in [0, 0.1) is 6.92 Å². The van der Waals surface area contributed by atoms with E-state index in [0.29, 0.717) is 0 Å². The Balaban J connectivity index is 1.19. The third-order valence-electron chi connectivity index (χ3n) is 10.2. The topological polar surface area (TPSA) is 23.0 Å². The maximum absolute atomic E-state index is 5.98. The van der Waals surface area contributed by atoms with Gasteiger partial charge in [0.25, 0.3) is 0 Å². The first-order chi connectivity index (χ1) is 25.2. The predicted octanol–water partition coefficient (Wildman–Crippen LogP) is 13.5. The van der Waals surface area contributed by atoms with Crippen LogP contribution in [0.15, 0.2) is 169 Å². The van der Waals surface area contributed by atoms with E-state index in [0.717, 1.165) is 39.3 Å².